The van der Waals surface area contributed by atoms with Crippen molar-refractivity contribution in [1.29, 1.82) is 5.41 Å². The van der Waals surface area contributed by atoms with Gasteiger partial charge in [0, 0.05) is 66.6 Å². The van der Waals surface area contributed by atoms with Crippen molar-refractivity contribution in [2.45, 2.75) is 32.7 Å². The maximum atomic E-state index is 12.2. The molecule has 0 amide bonds. The number of pyridine rings is 1. The van der Waals surface area contributed by atoms with Crippen LogP contribution in [0.15, 0.2) is 48.8 Å². The van der Waals surface area contributed by atoms with E-state index in [9.17, 15) is 8.42 Å². The van der Waals surface area contributed by atoms with Crippen LogP contribution in [0.1, 0.15) is 32.3 Å². The SMILES string of the molecule is CCNc1ccc(-c2cc(NC3CCN(S(=O)(=O)CC)CC3)c3cnccc3c2)cc1C=N. The van der Waals surface area contributed by atoms with E-state index in [0.29, 0.717) is 13.1 Å². The largest absolute Gasteiger partial charge is 0.385 e. The van der Waals surface area contributed by atoms with E-state index < -0.39 is 10.0 Å². The van der Waals surface area contributed by atoms with Gasteiger partial charge in [-0.15, -0.1) is 0 Å². The van der Waals surface area contributed by atoms with Crippen LogP contribution in [0.4, 0.5) is 11.4 Å². The van der Waals surface area contributed by atoms with Crippen molar-refractivity contribution < 1.29 is 8.42 Å². The van der Waals surface area contributed by atoms with E-state index in [0.717, 1.165) is 58.2 Å². The van der Waals surface area contributed by atoms with Crippen LogP contribution in [0.2, 0.25) is 0 Å². The van der Waals surface area contributed by atoms with Gasteiger partial charge >= 0.3 is 0 Å². The van der Waals surface area contributed by atoms with Crippen LogP contribution in [0, 0.1) is 5.41 Å². The molecule has 3 aromatic rings. The third-order valence-corrected chi connectivity index (χ3v) is 8.12. The molecule has 3 N–H and O–H groups in total. The summed E-state index contributed by atoms with van der Waals surface area (Å²) in [6.45, 7) is 5.62. The van der Waals surface area contributed by atoms with E-state index in [1.165, 1.54) is 6.21 Å². The Morgan fingerprint density at radius 2 is 1.88 bits per heavy atom. The molecule has 0 saturated carbocycles. The molecule has 0 radical (unpaired) electrons. The number of anilines is 2. The van der Waals surface area contributed by atoms with Gasteiger partial charge in [-0.1, -0.05) is 6.07 Å². The van der Waals surface area contributed by atoms with E-state index in [1.807, 2.05) is 31.3 Å². The van der Waals surface area contributed by atoms with Gasteiger partial charge in [-0.2, -0.15) is 0 Å². The fraction of sp³-hybridized carbons (Fsp3) is 0.360. The molecule has 0 atom stereocenters. The summed E-state index contributed by atoms with van der Waals surface area (Å²) in [6, 6.07) is 12.6. The van der Waals surface area contributed by atoms with Crippen LogP contribution >= 0.6 is 0 Å². The Morgan fingerprint density at radius 1 is 1.09 bits per heavy atom. The van der Waals surface area contributed by atoms with Gasteiger partial charge in [0.2, 0.25) is 10.0 Å². The summed E-state index contributed by atoms with van der Waals surface area (Å²) in [7, 11) is -3.14. The van der Waals surface area contributed by atoms with Gasteiger partial charge in [0.15, 0.2) is 0 Å². The number of piperidine rings is 1. The first-order valence-electron chi connectivity index (χ1n) is 11.5. The molecule has 33 heavy (non-hydrogen) atoms. The summed E-state index contributed by atoms with van der Waals surface area (Å²) >= 11 is 0. The highest BCUT2D eigenvalue weighted by molar-refractivity contribution is 7.89. The van der Waals surface area contributed by atoms with Gasteiger partial charge < -0.3 is 16.0 Å². The van der Waals surface area contributed by atoms with Crippen LogP contribution in [0.5, 0.6) is 0 Å². The van der Waals surface area contributed by atoms with Crippen LogP contribution < -0.4 is 10.6 Å². The average Bonchev–Trinajstić information content (AvgIpc) is 2.84. The maximum Gasteiger partial charge on any atom is 0.213 e. The number of hydrogen-bond acceptors (Lipinski definition) is 6. The molecule has 8 heteroatoms. The summed E-state index contributed by atoms with van der Waals surface area (Å²) in [6.07, 6.45) is 6.57. The molecule has 1 saturated heterocycles. The molecule has 0 unspecified atom stereocenters. The molecular weight excluding hydrogens is 434 g/mol. The summed E-state index contributed by atoms with van der Waals surface area (Å²) in [5.74, 6) is 0.147. The van der Waals surface area contributed by atoms with Gasteiger partial charge in [0.25, 0.3) is 0 Å². The maximum absolute atomic E-state index is 12.2. The number of fused-ring (bicyclic) bond motifs is 1. The molecule has 174 valence electrons. The smallest absolute Gasteiger partial charge is 0.213 e. The lowest BCUT2D eigenvalue weighted by molar-refractivity contribution is 0.330. The van der Waals surface area contributed by atoms with Gasteiger partial charge in [-0.3, -0.25) is 4.98 Å². The number of nitrogens with one attached hydrogen (secondary N) is 3. The minimum Gasteiger partial charge on any atom is -0.385 e. The molecule has 7 nitrogen and oxygen atoms in total. The van der Waals surface area contributed by atoms with Gasteiger partial charge in [-0.25, -0.2) is 12.7 Å². The van der Waals surface area contributed by atoms with Crippen LogP contribution in [0.3, 0.4) is 0 Å². The number of sulfonamides is 1. The average molecular weight is 466 g/mol. The topological polar surface area (TPSA) is 98.2 Å². The van der Waals surface area contributed by atoms with Crippen LogP contribution in [-0.4, -0.2) is 55.4 Å². The number of hydrogen-bond donors (Lipinski definition) is 3. The molecule has 4 rings (SSSR count). The highest BCUT2D eigenvalue weighted by Gasteiger charge is 2.27. The molecule has 1 aliphatic rings. The van der Waals surface area contributed by atoms with Crippen molar-refractivity contribution in [2.75, 3.05) is 36.0 Å². The Kier molecular flexibility index (Phi) is 6.95. The Balaban J connectivity index is 1.64. The standard InChI is InChI=1S/C25H31N5O2S/c1-3-28-24-6-5-18(13-21(24)16-26)20-14-19-7-10-27-17-23(19)25(15-20)29-22-8-11-30(12-9-22)33(31,32)4-2/h5-7,10,13-17,22,26,28-29H,3-4,8-9,11-12H2,1-2H3. The molecule has 1 aromatic heterocycles. The van der Waals surface area contributed by atoms with Gasteiger partial charge in [0.05, 0.1) is 5.75 Å². The highest BCUT2D eigenvalue weighted by atomic mass is 32.2. The first-order chi connectivity index (χ1) is 15.9. The van der Waals surface area contributed by atoms with Crippen molar-refractivity contribution in [3.8, 4) is 11.1 Å². The third-order valence-electron chi connectivity index (χ3n) is 6.24. The summed E-state index contributed by atoms with van der Waals surface area (Å²) in [4.78, 5) is 4.32. The Bertz CT molecular complexity index is 1250. The number of nitrogens with zero attached hydrogens (tertiary/aromatic N) is 2. The predicted octanol–water partition coefficient (Wildman–Crippen LogP) is 4.56. The molecule has 1 fully saturated rings. The summed E-state index contributed by atoms with van der Waals surface area (Å²) in [5.41, 5.74) is 4.91. The quantitative estimate of drug-likeness (QED) is 0.424. The molecular formula is C25H31N5O2S. The third kappa shape index (κ3) is 5.02. The first kappa shape index (κ1) is 23.2. The second-order valence-electron chi connectivity index (χ2n) is 8.32. The molecule has 2 heterocycles. The van der Waals surface area contributed by atoms with Crippen molar-refractivity contribution in [3.63, 3.8) is 0 Å². The van der Waals surface area contributed by atoms with Crippen molar-refractivity contribution >= 4 is 38.4 Å². The normalized spacial score (nSPS) is 15.5. The predicted molar refractivity (Wildman–Crippen MR) is 137 cm³/mol. The molecule has 1 aliphatic heterocycles. The number of benzene rings is 2. The summed E-state index contributed by atoms with van der Waals surface area (Å²) in [5, 5.41) is 16.9. The molecule has 0 spiro atoms. The van der Waals surface area contributed by atoms with Crippen LogP contribution in [-0.2, 0) is 10.0 Å². The number of aromatic nitrogens is 1. The second-order valence-corrected chi connectivity index (χ2v) is 10.6. The second kappa shape index (κ2) is 9.89. The number of rotatable bonds is 8. The van der Waals surface area contributed by atoms with Crippen molar-refractivity contribution in [1.82, 2.24) is 9.29 Å². The summed E-state index contributed by atoms with van der Waals surface area (Å²) < 4.78 is 26.0. The highest BCUT2D eigenvalue weighted by Crippen LogP contribution is 2.33. The van der Waals surface area contributed by atoms with Gasteiger partial charge in [-0.05, 0) is 73.5 Å². The van der Waals surface area contributed by atoms with Crippen molar-refractivity contribution in [3.05, 3.63) is 54.4 Å². The fourth-order valence-corrected chi connectivity index (χ4v) is 5.51. The zero-order valence-corrected chi connectivity index (χ0v) is 20.0. The van der Waals surface area contributed by atoms with E-state index >= 15 is 0 Å². The molecule has 2 aromatic carbocycles. The zero-order chi connectivity index (χ0) is 23.4. The van der Waals surface area contributed by atoms with Crippen molar-refractivity contribution in [2.24, 2.45) is 0 Å². The molecule has 0 aliphatic carbocycles. The lowest BCUT2D eigenvalue weighted by atomic mass is 9.97. The van der Waals surface area contributed by atoms with Gasteiger partial charge in [0.1, 0.15) is 0 Å². The van der Waals surface area contributed by atoms with E-state index in [4.69, 9.17) is 5.41 Å². The van der Waals surface area contributed by atoms with E-state index in [2.05, 4.69) is 33.8 Å². The minimum absolute atomic E-state index is 0.147. The van der Waals surface area contributed by atoms with E-state index in [-0.39, 0.29) is 11.8 Å². The first-order valence-corrected chi connectivity index (χ1v) is 13.1. The van der Waals surface area contributed by atoms with Crippen LogP contribution in [0.25, 0.3) is 21.9 Å². The Hall–Kier alpha value is -2.97. The molecule has 0 bridgehead atoms. The fourth-order valence-electron chi connectivity index (χ4n) is 4.38. The lowest BCUT2D eigenvalue weighted by Gasteiger charge is -2.32. The Morgan fingerprint density at radius 3 is 2.58 bits per heavy atom. The zero-order valence-electron chi connectivity index (χ0n) is 19.1. The Labute approximate surface area is 195 Å². The van der Waals surface area contributed by atoms with E-state index in [1.54, 1.807) is 17.4 Å². The lowest BCUT2D eigenvalue weighted by Crippen LogP contribution is -2.42. The minimum atomic E-state index is -3.14. The monoisotopic (exact) mass is 465 g/mol.